The molecule has 0 aliphatic carbocycles. The number of nitrogens with zero attached hydrogens (tertiary/aromatic N) is 1. The molecule has 3 heterocycles. The number of rotatable bonds is 3. The minimum atomic E-state index is -1.37. The first-order chi connectivity index (χ1) is 13.8. The van der Waals surface area contributed by atoms with Crippen LogP contribution in [0.4, 0.5) is 5.69 Å². The Hall–Kier alpha value is -3.48. The number of halogens is 1. The number of H-pyrrole nitrogens is 1. The van der Waals surface area contributed by atoms with E-state index in [-0.39, 0.29) is 40.7 Å². The standard InChI is InChI=1S/C9H10N2O2.C8H4N2O5S.ClH/c10-4-6-1-2-8-7(3-6)11-9(12)5-13-8;11-6-3-2(1-16-4(3)7(12)13)9-5(10-6)8(14)15;/h1-3H,4-5,10H2,(H,11,12);1H,(H,12,13)(H,14,15)(H,9,10,11);1H. The first-order valence-electron chi connectivity index (χ1n) is 8.04. The van der Waals surface area contributed by atoms with Crippen LogP contribution >= 0.6 is 23.7 Å². The van der Waals surface area contributed by atoms with Crippen LogP contribution < -0.4 is 21.3 Å². The molecule has 1 aliphatic heterocycles. The average molecular weight is 455 g/mol. The Morgan fingerprint density at radius 1 is 1.23 bits per heavy atom. The van der Waals surface area contributed by atoms with E-state index in [2.05, 4.69) is 10.3 Å². The molecule has 0 saturated carbocycles. The molecule has 0 unspecified atom stereocenters. The molecular weight excluding hydrogens is 440 g/mol. The third-order valence-corrected chi connectivity index (χ3v) is 4.73. The van der Waals surface area contributed by atoms with Gasteiger partial charge in [-0.3, -0.25) is 9.59 Å². The van der Waals surface area contributed by atoms with E-state index in [4.69, 9.17) is 20.7 Å². The molecule has 1 aliphatic rings. The van der Waals surface area contributed by atoms with Gasteiger partial charge in [0, 0.05) is 11.9 Å². The van der Waals surface area contributed by atoms with Crippen molar-refractivity contribution in [3.8, 4) is 5.75 Å². The van der Waals surface area contributed by atoms with Gasteiger partial charge in [-0.15, -0.1) is 23.7 Å². The van der Waals surface area contributed by atoms with Gasteiger partial charge in [-0.25, -0.2) is 14.6 Å². The van der Waals surface area contributed by atoms with Crippen molar-refractivity contribution in [2.75, 3.05) is 11.9 Å². The van der Waals surface area contributed by atoms with Gasteiger partial charge < -0.3 is 31.0 Å². The van der Waals surface area contributed by atoms with Gasteiger partial charge in [-0.1, -0.05) is 6.07 Å². The molecule has 0 radical (unpaired) electrons. The number of carboxylic acids is 2. The molecule has 1 amide bonds. The fourth-order valence-electron chi connectivity index (χ4n) is 2.48. The van der Waals surface area contributed by atoms with Crippen LogP contribution in [0.15, 0.2) is 28.4 Å². The van der Waals surface area contributed by atoms with Crippen molar-refractivity contribution < 1.29 is 29.3 Å². The molecule has 0 fully saturated rings. The van der Waals surface area contributed by atoms with Crippen molar-refractivity contribution in [3.05, 3.63) is 50.2 Å². The number of nitrogens with one attached hydrogen (secondary N) is 2. The van der Waals surface area contributed by atoms with E-state index in [9.17, 15) is 19.2 Å². The lowest BCUT2D eigenvalue weighted by Gasteiger charge is -2.18. The van der Waals surface area contributed by atoms with E-state index >= 15 is 0 Å². The zero-order valence-electron chi connectivity index (χ0n) is 15.0. The Kier molecular flexibility index (Phi) is 7.10. The van der Waals surface area contributed by atoms with Crippen LogP contribution in [0.3, 0.4) is 0 Å². The Morgan fingerprint density at radius 3 is 2.60 bits per heavy atom. The number of aromatic nitrogens is 2. The maximum absolute atomic E-state index is 11.5. The van der Waals surface area contributed by atoms with E-state index in [0.29, 0.717) is 18.0 Å². The van der Waals surface area contributed by atoms with Crippen LogP contribution in [-0.2, 0) is 11.3 Å². The van der Waals surface area contributed by atoms with Crippen molar-refractivity contribution in [1.82, 2.24) is 9.97 Å². The molecule has 0 bridgehead atoms. The summed E-state index contributed by atoms with van der Waals surface area (Å²) in [5.41, 5.74) is 6.46. The van der Waals surface area contributed by atoms with Gasteiger partial charge in [-0.05, 0) is 17.7 Å². The Bertz CT molecular complexity index is 1190. The van der Waals surface area contributed by atoms with Gasteiger partial charge in [0.05, 0.1) is 16.6 Å². The topological polar surface area (TPSA) is 185 Å². The molecule has 0 atom stereocenters. The molecule has 4 rings (SSSR count). The maximum Gasteiger partial charge on any atom is 0.372 e. The van der Waals surface area contributed by atoms with Gasteiger partial charge in [0.2, 0.25) is 5.82 Å². The third kappa shape index (κ3) is 4.74. The first-order valence-corrected chi connectivity index (χ1v) is 8.92. The average Bonchev–Trinajstić information content (AvgIpc) is 3.13. The van der Waals surface area contributed by atoms with Gasteiger partial charge in [-0.2, -0.15) is 0 Å². The normalized spacial score (nSPS) is 11.8. The number of carbonyl (C=O) groups is 3. The van der Waals surface area contributed by atoms with Crippen molar-refractivity contribution in [2.24, 2.45) is 5.73 Å². The number of benzene rings is 1. The molecule has 1 aromatic carbocycles. The van der Waals surface area contributed by atoms with Crippen LogP contribution in [0.5, 0.6) is 5.75 Å². The molecule has 30 heavy (non-hydrogen) atoms. The summed E-state index contributed by atoms with van der Waals surface area (Å²) < 4.78 is 5.18. The molecule has 158 valence electrons. The highest BCUT2D eigenvalue weighted by molar-refractivity contribution is 7.13. The maximum atomic E-state index is 11.5. The van der Waals surface area contributed by atoms with Crippen molar-refractivity contribution in [3.63, 3.8) is 0 Å². The van der Waals surface area contributed by atoms with E-state index < -0.39 is 23.3 Å². The smallest absolute Gasteiger partial charge is 0.372 e. The SMILES string of the molecule is Cl.NCc1ccc2c(c1)NC(=O)CO2.O=C(O)c1nc2csc(C(=O)O)c2c(=O)[nH]1. The molecule has 0 saturated heterocycles. The lowest BCUT2D eigenvalue weighted by Crippen LogP contribution is -2.25. The summed E-state index contributed by atoms with van der Waals surface area (Å²) in [4.78, 5) is 49.3. The fourth-order valence-corrected chi connectivity index (χ4v) is 3.30. The minimum Gasteiger partial charge on any atom is -0.482 e. The number of nitrogens with two attached hydrogens (primary N) is 1. The van der Waals surface area contributed by atoms with E-state index in [1.165, 1.54) is 5.38 Å². The lowest BCUT2D eigenvalue weighted by atomic mass is 10.1. The van der Waals surface area contributed by atoms with Gasteiger partial charge in [0.15, 0.2) is 6.61 Å². The number of hydrogen-bond donors (Lipinski definition) is 5. The highest BCUT2D eigenvalue weighted by atomic mass is 35.5. The second kappa shape index (κ2) is 9.35. The molecule has 6 N–H and O–H groups in total. The van der Waals surface area contributed by atoms with Crippen LogP contribution in [0, 0.1) is 0 Å². The molecule has 13 heteroatoms. The first kappa shape index (κ1) is 22.8. The number of fused-ring (bicyclic) bond motifs is 2. The summed E-state index contributed by atoms with van der Waals surface area (Å²) in [5.74, 6) is -2.54. The Labute approximate surface area is 177 Å². The second-order valence-electron chi connectivity index (χ2n) is 5.72. The predicted octanol–water partition coefficient (Wildman–Crippen LogP) is 1.28. The monoisotopic (exact) mass is 454 g/mol. The number of carbonyl (C=O) groups excluding carboxylic acids is 1. The zero-order chi connectivity index (χ0) is 21.1. The number of aromatic carboxylic acids is 2. The summed E-state index contributed by atoms with van der Waals surface area (Å²) in [6.45, 7) is 0.554. The predicted molar refractivity (Wildman–Crippen MR) is 110 cm³/mol. The Balaban J connectivity index is 0.000000211. The van der Waals surface area contributed by atoms with E-state index in [1.807, 2.05) is 23.2 Å². The number of anilines is 1. The molecular formula is C17H15ClN4O7S. The van der Waals surface area contributed by atoms with Crippen LogP contribution in [0.2, 0.25) is 0 Å². The number of ether oxygens (including phenoxy) is 1. The fraction of sp³-hybridized carbons (Fsp3) is 0.118. The highest BCUT2D eigenvalue weighted by Gasteiger charge is 2.18. The number of aromatic amines is 1. The third-order valence-electron chi connectivity index (χ3n) is 3.77. The number of amides is 1. The number of thiophene rings is 1. The quantitative estimate of drug-likeness (QED) is 0.388. The largest absolute Gasteiger partial charge is 0.482 e. The molecule has 3 aromatic rings. The van der Waals surface area contributed by atoms with Gasteiger partial charge in [0.25, 0.3) is 11.5 Å². The van der Waals surface area contributed by atoms with Crippen molar-refractivity contribution >= 4 is 58.2 Å². The van der Waals surface area contributed by atoms with E-state index in [1.54, 1.807) is 0 Å². The lowest BCUT2D eigenvalue weighted by molar-refractivity contribution is -0.118. The van der Waals surface area contributed by atoms with Crippen LogP contribution in [0.1, 0.15) is 25.9 Å². The summed E-state index contributed by atoms with van der Waals surface area (Å²) in [6.07, 6.45) is 0. The summed E-state index contributed by atoms with van der Waals surface area (Å²) in [5, 5.41) is 21.4. The van der Waals surface area contributed by atoms with Crippen molar-refractivity contribution in [2.45, 2.75) is 6.54 Å². The van der Waals surface area contributed by atoms with Gasteiger partial charge >= 0.3 is 11.9 Å². The summed E-state index contributed by atoms with van der Waals surface area (Å²) >= 11 is 0.831. The van der Waals surface area contributed by atoms with Crippen LogP contribution in [0.25, 0.3) is 10.9 Å². The second-order valence-corrected chi connectivity index (χ2v) is 6.60. The number of hydrogen-bond acceptors (Lipinski definition) is 8. The molecule has 11 nitrogen and oxygen atoms in total. The number of carboxylic acid groups (broad SMARTS) is 2. The van der Waals surface area contributed by atoms with Crippen molar-refractivity contribution in [1.29, 1.82) is 0 Å². The summed E-state index contributed by atoms with van der Waals surface area (Å²) in [7, 11) is 0. The zero-order valence-corrected chi connectivity index (χ0v) is 16.6. The minimum absolute atomic E-state index is 0. The van der Waals surface area contributed by atoms with E-state index in [0.717, 1.165) is 16.9 Å². The summed E-state index contributed by atoms with van der Waals surface area (Å²) in [6, 6.07) is 5.53. The van der Waals surface area contributed by atoms with Gasteiger partial charge in [0.1, 0.15) is 10.6 Å². The van der Waals surface area contributed by atoms with Crippen LogP contribution in [-0.4, -0.2) is 44.6 Å². The highest BCUT2D eigenvalue weighted by Crippen LogP contribution is 2.28. The molecule has 2 aromatic heterocycles. The molecule has 0 spiro atoms. The Morgan fingerprint density at radius 2 is 1.97 bits per heavy atom.